The number of carbonyl (C=O) groups excluding carboxylic acids is 1. The maximum Gasteiger partial charge on any atom is 0.308 e. The van der Waals surface area contributed by atoms with Gasteiger partial charge in [0.15, 0.2) is 0 Å². The van der Waals surface area contributed by atoms with Crippen molar-refractivity contribution in [2.75, 3.05) is 6.61 Å². The Morgan fingerprint density at radius 1 is 1.12 bits per heavy atom. The number of fused-ring (bicyclic) bond motifs is 1. The number of rotatable bonds is 3. The third-order valence-corrected chi connectivity index (χ3v) is 4.22. The minimum atomic E-state index is -0.0285. The van der Waals surface area contributed by atoms with Crippen LogP contribution in [0.15, 0.2) is 0 Å². The van der Waals surface area contributed by atoms with Crippen LogP contribution in [0.25, 0.3) is 0 Å². The quantitative estimate of drug-likeness (QED) is 0.687. The van der Waals surface area contributed by atoms with Gasteiger partial charge in [-0.3, -0.25) is 4.79 Å². The standard InChI is InChI=1S/C14H24O2/c1-10(2)14(15)16-9-13-11-7-5-3-4-6-8-12(11)13/h10-13H,3-9H2,1-2H3. The molecule has 2 fully saturated rings. The van der Waals surface area contributed by atoms with Gasteiger partial charge in [-0.05, 0) is 30.6 Å². The number of hydrogen-bond acceptors (Lipinski definition) is 2. The van der Waals surface area contributed by atoms with Gasteiger partial charge in [-0.15, -0.1) is 0 Å². The fourth-order valence-corrected chi connectivity index (χ4v) is 3.09. The first-order chi connectivity index (χ1) is 7.70. The summed E-state index contributed by atoms with van der Waals surface area (Å²) in [6.45, 7) is 4.49. The fraction of sp³-hybridized carbons (Fsp3) is 0.929. The zero-order chi connectivity index (χ0) is 11.5. The van der Waals surface area contributed by atoms with Crippen LogP contribution in [0.1, 0.15) is 52.4 Å². The van der Waals surface area contributed by atoms with Crippen molar-refractivity contribution in [2.24, 2.45) is 23.7 Å². The molecule has 0 spiro atoms. The molecule has 2 unspecified atom stereocenters. The van der Waals surface area contributed by atoms with Crippen molar-refractivity contribution in [3.8, 4) is 0 Å². The molecule has 16 heavy (non-hydrogen) atoms. The first-order valence-electron chi connectivity index (χ1n) is 6.87. The monoisotopic (exact) mass is 224 g/mol. The van der Waals surface area contributed by atoms with Gasteiger partial charge in [-0.25, -0.2) is 0 Å². The fourth-order valence-electron chi connectivity index (χ4n) is 3.09. The highest BCUT2D eigenvalue weighted by atomic mass is 16.5. The van der Waals surface area contributed by atoms with Gasteiger partial charge in [0.05, 0.1) is 12.5 Å². The highest BCUT2D eigenvalue weighted by Gasteiger charge is 2.49. The molecule has 2 saturated carbocycles. The van der Waals surface area contributed by atoms with E-state index in [2.05, 4.69) is 0 Å². The van der Waals surface area contributed by atoms with E-state index in [9.17, 15) is 4.79 Å². The normalized spacial score (nSPS) is 33.8. The predicted molar refractivity (Wildman–Crippen MR) is 64.0 cm³/mol. The summed E-state index contributed by atoms with van der Waals surface area (Å²) >= 11 is 0. The highest BCUT2D eigenvalue weighted by Crippen LogP contribution is 2.53. The molecule has 0 aromatic rings. The lowest BCUT2D eigenvalue weighted by Gasteiger charge is -2.06. The van der Waals surface area contributed by atoms with E-state index in [4.69, 9.17) is 4.74 Å². The van der Waals surface area contributed by atoms with Gasteiger partial charge in [0.25, 0.3) is 0 Å². The highest BCUT2D eigenvalue weighted by molar-refractivity contribution is 5.71. The van der Waals surface area contributed by atoms with Crippen LogP contribution in [0.4, 0.5) is 0 Å². The van der Waals surface area contributed by atoms with E-state index in [1.807, 2.05) is 13.8 Å². The van der Waals surface area contributed by atoms with E-state index < -0.39 is 0 Å². The van der Waals surface area contributed by atoms with Crippen molar-refractivity contribution in [3.63, 3.8) is 0 Å². The zero-order valence-electron chi connectivity index (χ0n) is 10.6. The van der Waals surface area contributed by atoms with E-state index >= 15 is 0 Å². The summed E-state index contributed by atoms with van der Waals surface area (Å²) in [4.78, 5) is 11.4. The summed E-state index contributed by atoms with van der Waals surface area (Å²) in [6.07, 6.45) is 8.32. The minimum absolute atomic E-state index is 0.0198. The molecule has 0 aromatic heterocycles. The Morgan fingerprint density at radius 2 is 1.69 bits per heavy atom. The third kappa shape index (κ3) is 2.78. The largest absolute Gasteiger partial charge is 0.465 e. The van der Waals surface area contributed by atoms with Crippen LogP contribution in [0.2, 0.25) is 0 Å². The van der Waals surface area contributed by atoms with Crippen LogP contribution in [0.5, 0.6) is 0 Å². The number of hydrogen-bond donors (Lipinski definition) is 0. The maximum atomic E-state index is 11.4. The second-order valence-electron chi connectivity index (χ2n) is 5.77. The van der Waals surface area contributed by atoms with Crippen LogP contribution in [-0.2, 0) is 9.53 Å². The van der Waals surface area contributed by atoms with Gasteiger partial charge in [0, 0.05) is 0 Å². The van der Waals surface area contributed by atoms with Gasteiger partial charge >= 0.3 is 5.97 Å². The van der Waals surface area contributed by atoms with Crippen molar-refractivity contribution < 1.29 is 9.53 Å². The average Bonchev–Trinajstić information content (AvgIpc) is 2.84. The molecule has 0 aromatic carbocycles. The Balaban J connectivity index is 1.73. The average molecular weight is 224 g/mol. The van der Waals surface area contributed by atoms with Gasteiger partial charge < -0.3 is 4.74 Å². The molecule has 0 heterocycles. The van der Waals surface area contributed by atoms with Gasteiger partial charge in [0.1, 0.15) is 0 Å². The number of esters is 1. The molecular formula is C14H24O2. The zero-order valence-corrected chi connectivity index (χ0v) is 10.6. The molecule has 2 aliphatic carbocycles. The molecule has 0 bridgehead atoms. The van der Waals surface area contributed by atoms with Crippen LogP contribution in [0.3, 0.4) is 0 Å². The van der Waals surface area contributed by atoms with E-state index in [1.165, 1.54) is 38.5 Å². The summed E-state index contributed by atoms with van der Waals surface area (Å²) in [6, 6.07) is 0. The second-order valence-corrected chi connectivity index (χ2v) is 5.77. The Labute approximate surface area is 98.7 Å². The molecule has 92 valence electrons. The summed E-state index contributed by atoms with van der Waals surface area (Å²) in [5.41, 5.74) is 0. The molecular weight excluding hydrogens is 200 g/mol. The van der Waals surface area contributed by atoms with Crippen LogP contribution >= 0.6 is 0 Å². The maximum absolute atomic E-state index is 11.4. The summed E-state index contributed by atoms with van der Waals surface area (Å²) in [5.74, 6) is 2.44. The molecule has 0 radical (unpaired) electrons. The van der Waals surface area contributed by atoms with Crippen molar-refractivity contribution in [2.45, 2.75) is 52.4 Å². The van der Waals surface area contributed by atoms with E-state index in [-0.39, 0.29) is 11.9 Å². The van der Waals surface area contributed by atoms with Gasteiger partial charge in [-0.1, -0.05) is 39.5 Å². The van der Waals surface area contributed by atoms with Crippen LogP contribution in [-0.4, -0.2) is 12.6 Å². The van der Waals surface area contributed by atoms with Crippen molar-refractivity contribution in [1.82, 2.24) is 0 Å². The molecule has 0 aliphatic heterocycles. The SMILES string of the molecule is CC(C)C(=O)OCC1C2CCCCCCC21. The molecule has 0 saturated heterocycles. The Morgan fingerprint density at radius 3 is 2.19 bits per heavy atom. The minimum Gasteiger partial charge on any atom is -0.465 e. The number of ether oxygens (including phenoxy) is 1. The topological polar surface area (TPSA) is 26.3 Å². The number of carbonyl (C=O) groups is 1. The summed E-state index contributed by atoms with van der Waals surface area (Å²) in [7, 11) is 0. The first-order valence-corrected chi connectivity index (χ1v) is 6.87. The Hall–Kier alpha value is -0.530. The van der Waals surface area contributed by atoms with Crippen LogP contribution < -0.4 is 0 Å². The lowest BCUT2D eigenvalue weighted by Crippen LogP contribution is -2.14. The van der Waals surface area contributed by atoms with Crippen molar-refractivity contribution >= 4 is 5.97 Å². The van der Waals surface area contributed by atoms with Crippen LogP contribution in [0, 0.1) is 23.7 Å². The van der Waals surface area contributed by atoms with E-state index in [1.54, 1.807) is 0 Å². The summed E-state index contributed by atoms with van der Waals surface area (Å²) in [5, 5.41) is 0. The first kappa shape index (κ1) is 11.9. The molecule has 2 nitrogen and oxygen atoms in total. The van der Waals surface area contributed by atoms with Gasteiger partial charge in [-0.2, -0.15) is 0 Å². The third-order valence-electron chi connectivity index (χ3n) is 4.22. The predicted octanol–water partition coefficient (Wildman–Crippen LogP) is 3.40. The smallest absolute Gasteiger partial charge is 0.308 e. The lowest BCUT2D eigenvalue weighted by molar-refractivity contribution is -0.148. The summed E-state index contributed by atoms with van der Waals surface area (Å²) < 4.78 is 5.36. The molecule has 2 rings (SSSR count). The molecule has 2 aliphatic rings. The lowest BCUT2D eigenvalue weighted by atomic mass is 10.0. The Kier molecular flexibility index (Phi) is 3.88. The van der Waals surface area contributed by atoms with Gasteiger partial charge in [0.2, 0.25) is 0 Å². The Bertz CT molecular complexity index is 233. The molecule has 0 N–H and O–H groups in total. The van der Waals surface area contributed by atoms with Crippen molar-refractivity contribution in [1.29, 1.82) is 0 Å². The van der Waals surface area contributed by atoms with E-state index in [0.29, 0.717) is 12.5 Å². The van der Waals surface area contributed by atoms with E-state index in [0.717, 1.165) is 11.8 Å². The van der Waals surface area contributed by atoms with Crippen molar-refractivity contribution in [3.05, 3.63) is 0 Å². The molecule has 0 amide bonds. The molecule has 2 atom stereocenters. The molecule has 2 heteroatoms. The second kappa shape index (κ2) is 5.20.